The van der Waals surface area contributed by atoms with Crippen LogP contribution in [0.15, 0.2) is 48.8 Å². The predicted octanol–water partition coefficient (Wildman–Crippen LogP) is 3.90. The molecule has 0 radical (unpaired) electrons. The van der Waals surface area contributed by atoms with E-state index in [1.165, 1.54) is 6.07 Å². The smallest absolute Gasteiger partial charge is 0.325 e. The van der Waals surface area contributed by atoms with E-state index in [4.69, 9.17) is 4.74 Å². The Morgan fingerprint density at radius 3 is 2.85 bits per heavy atom. The van der Waals surface area contributed by atoms with Crippen LogP contribution in [-0.2, 0) is 23.1 Å². The fourth-order valence-electron chi connectivity index (χ4n) is 3.32. The van der Waals surface area contributed by atoms with Crippen molar-refractivity contribution in [1.82, 2.24) is 14.3 Å². The van der Waals surface area contributed by atoms with Gasteiger partial charge in [0.25, 0.3) is 0 Å². The van der Waals surface area contributed by atoms with Crippen molar-refractivity contribution in [2.75, 3.05) is 6.61 Å². The van der Waals surface area contributed by atoms with Gasteiger partial charge in [0.15, 0.2) is 0 Å². The molecule has 4 aromatic rings. The fourth-order valence-corrected chi connectivity index (χ4v) is 3.32. The molecule has 0 atom stereocenters. The van der Waals surface area contributed by atoms with Crippen LogP contribution in [-0.4, -0.2) is 26.9 Å². The number of rotatable bonds is 4. The maximum Gasteiger partial charge on any atom is 0.325 e. The summed E-state index contributed by atoms with van der Waals surface area (Å²) in [7, 11) is 1.83. The van der Waals surface area contributed by atoms with Gasteiger partial charge in [0.05, 0.1) is 18.3 Å². The third kappa shape index (κ3) is 2.63. The molecule has 132 valence electrons. The lowest BCUT2D eigenvalue weighted by Gasteiger charge is -2.09. The average Bonchev–Trinajstić information content (AvgIpc) is 3.18. The highest BCUT2D eigenvalue weighted by Gasteiger charge is 2.15. The van der Waals surface area contributed by atoms with Crippen LogP contribution < -0.4 is 0 Å². The molecule has 0 aliphatic heterocycles. The van der Waals surface area contributed by atoms with Crippen molar-refractivity contribution in [3.05, 3.63) is 54.6 Å². The molecule has 2 aromatic carbocycles. The second-order valence-electron chi connectivity index (χ2n) is 6.15. The molecule has 0 amide bonds. The third-order valence-electron chi connectivity index (χ3n) is 4.54. The first kappa shape index (κ1) is 16.3. The third-order valence-corrected chi connectivity index (χ3v) is 4.54. The van der Waals surface area contributed by atoms with Gasteiger partial charge in [-0.25, -0.2) is 4.39 Å². The number of hydrogen-bond donors (Lipinski definition) is 0. The Morgan fingerprint density at radius 2 is 2.04 bits per heavy atom. The number of nitrogens with zero attached hydrogens (tertiary/aromatic N) is 3. The summed E-state index contributed by atoms with van der Waals surface area (Å²) >= 11 is 0. The van der Waals surface area contributed by atoms with Crippen molar-refractivity contribution in [3.8, 4) is 11.1 Å². The van der Waals surface area contributed by atoms with E-state index in [1.54, 1.807) is 17.8 Å². The minimum atomic E-state index is -0.295. The number of ether oxygens (including phenoxy) is 1. The Labute approximate surface area is 149 Å². The summed E-state index contributed by atoms with van der Waals surface area (Å²) < 4.78 is 23.3. The van der Waals surface area contributed by atoms with Gasteiger partial charge in [0, 0.05) is 35.1 Å². The van der Waals surface area contributed by atoms with Gasteiger partial charge in [-0.05, 0) is 36.8 Å². The number of aromatic nitrogens is 3. The van der Waals surface area contributed by atoms with Crippen molar-refractivity contribution < 1.29 is 13.9 Å². The molecule has 26 heavy (non-hydrogen) atoms. The molecule has 6 heteroatoms. The first-order valence-corrected chi connectivity index (χ1v) is 8.43. The quantitative estimate of drug-likeness (QED) is 0.524. The number of fused-ring (bicyclic) bond motifs is 2. The van der Waals surface area contributed by atoms with Crippen LogP contribution in [0.5, 0.6) is 0 Å². The number of esters is 1. The van der Waals surface area contributed by atoms with Crippen LogP contribution in [0.4, 0.5) is 4.39 Å². The highest BCUT2D eigenvalue weighted by molar-refractivity contribution is 5.98. The molecule has 0 N–H and O–H groups in total. The molecule has 0 saturated heterocycles. The van der Waals surface area contributed by atoms with E-state index in [0.717, 1.165) is 27.4 Å². The lowest BCUT2D eigenvalue weighted by atomic mass is 10.00. The summed E-state index contributed by atoms with van der Waals surface area (Å²) in [5.74, 6) is -0.589. The number of carbonyl (C=O) groups is 1. The molecule has 2 heterocycles. The normalized spacial score (nSPS) is 11.3. The fraction of sp³-hybridized carbons (Fsp3) is 0.200. The summed E-state index contributed by atoms with van der Waals surface area (Å²) in [5, 5.41) is 5.83. The van der Waals surface area contributed by atoms with Gasteiger partial charge in [0.1, 0.15) is 12.4 Å². The zero-order chi connectivity index (χ0) is 18.3. The maximum atomic E-state index is 14.7. The Kier molecular flexibility index (Phi) is 3.95. The Morgan fingerprint density at radius 1 is 1.19 bits per heavy atom. The second kappa shape index (κ2) is 6.29. The topological polar surface area (TPSA) is 49.1 Å². The Hall–Kier alpha value is -3.15. The summed E-state index contributed by atoms with van der Waals surface area (Å²) in [6.45, 7) is 2.25. The minimum Gasteiger partial charge on any atom is -0.465 e. The van der Waals surface area contributed by atoms with E-state index in [1.807, 2.05) is 48.1 Å². The highest BCUT2D eigenvalue weighted by Crippen LogP contribution is 2.33. The van der Waals surface area contributed by atoms with Gasteiger partial charge < -0.3 is 9.30 Å². The molecule has 0 spiro atoms. The summed E-state index contributed by atoms with van der Waals surface area (Å²) in [4.78, 5) is 11.8. The first-order chi connectivity index (χ1) is 12.6. The van der Waals surface area contributed by atoms with Crippen molar-refractivity contribution in [3.63, 3.8) is 0 Å². The molecular weight excluding hydrogens is 333 g/mol. The SMILES string of the molecule is CCOC(=O)Cn1ccc2c(-c3cc4c(cnn4C)cc3F)cccc21. The number of carbonyl (C=O) groups excluding carboxylic acids is 1. The summed E-state index contributed by atoms with van der Waals surface area (Å²) in [6, 6.07) is 10.9. The van der Waals surface area contributed by atoms with E-state index in [-0.39, 0.29) is 18.3 Å². The van der Waals surface area contributed by atoms with Crippen LogP contribution in [0.2, 0.25) is 0 Å². The van der Waals surface area contributed by atoms with Crippen molar-refractivity contribution >= 4 is 27.8 Å². The molecule has 4 rings (SSSR count). The van der Waals surface area contributed by atoms with Gasteiger partial charge in [-0.2, -0.15) is 5.10 Å². The molecule has 0 bridgehead atoms. The minimum absolute atomic E-state index is 0.129. The van der Waals surface area contributed by atoms with Gasteiger partial charge in [-0.1, -0.05) is 12.1 Å². The van der Waals surface area contributed by atoms with Crippen LogP contribution in [0, 0.1) is 5.82 Å². The number of halogens is 1. The van der Waals surface area contributed by atoms with Crippen molar-refractivity contribution in [2.45, 2.75) is 13.5 Å². The molecule has 0 fully saturated rings. The van der Waals surface area contributed by atoms with E-state index >= 15 is 0 Å². The van der Waals surface area contributed by atoms with Gasteiger partial charge in [-0.3, -0.25) is 9.48 Å². The molecule has 0 unspecified atom stereocenters. The summed E-state index contributed by atoms with van der Waals surface area (Å²) in [6.07, 6.45) is 3.48. The molecule has 0 aliphatic carbocycles. The monoisotopic (exact) mass is 351 g/mol. The van der Waals surface area contributed by atoms with Crippen LogP contribution in [0.3, 0.4) is 0 Å². The summed E-state index contributed by atoms with van der Waals surface area (Å²) in [5.41, 5.74) is 3.02. The Balaban J connectivity index is 1.85. The van der Waals surface area contributed by atoms with Crippen LogP contribution in [0.25, 0.3) is 32.9 Å². The average molecular weight is 351 g/mol. The van der Waals surface area contributed by atoms with Gasteiger partial charge >= 0.3 is 5.97 Å². The number of benzene rings is 2. The van der Waals surface area contributed by atoms with E-state index < -0.39 is 0 Å². The lowest BCUT2D eigenvalue weighted by molar-refractivity contribution is -0.143. The molecule has 5 nitrogen and oxygen atoms in total. The standard InChI is InChI=1S/C20H18FN3O2/c1-3-26-20(25)12-24-8-7-15-14(5-4-6-18(15)24)16-10-19-13(9-17(16)21)11-22-23(19)2/h4-11H,3,12H2,1-2H3. The predicted molar refractivity (Wildman–Crippen MR) is 98.2 cm³/mol. The molecule has 2 aromatic heterocycles. The van der Waals surface area contributed by atoms with E-state index in [9.17, 15) is 9.18 Å². The highest BCUT2D eigenvalue weighted by atomic mass is 19.1. The number of hydrogen-bond acceptors (Lipinski definition) is 3. The first-order valence-electron chi connectivity index (χ1n) is 8.43. The van der Waals surface area contributed by atoms with Crippen LogP contribution >= 0.6 is 0 Å². The van der Waals surface area contributed by atoms with Crippen molar-refractivity contribution in [2.24, 2.45) is 7.05 Å². The number of aryl methyl sites for hydroxylation is 1. The van der Waals surface area contributed by atoms with Gasteiger partial charge in [0.2, 0.25) is 0 Å². The van der Waals surface area contributed by atoms with Crippen molar-refractivity contribution in [1.29, 1.82) is 0 Å². The zero-order valence-electron chi connectivity index (χ0n) is 14.6. The van der Waals surface area contributed by atoms with Crippen LogP contribution in [0.1, 0.15) is 6.92 Å². The molecule has 0 saturated carbocycles. The van der Waals surface area contributed by atoms with E-state index in [2.05, 4.69) is 5.10 Å². The lowest BCUT2D eigenvalue weighted by Crippen LogP contribution is -2.12. The van der Waals surface area contributed by atoms with Gasteiger partial charge in [-0.15, -0.1) is 0 Å². The second-order valence-corrected chi connectivity index (χ2v) is 6.15. The maximum absolute atomic E-state index is 14.7. The molecule has 0 aliphatic rings. The largest absolute Gasteiger partial charge is 0.465 e. The Bertz CT molecular complexity index is 1130. The molecular formula is C20H18FN3O2. The zero-order valence-corrected chi connectivity index (χ0v) is 14.6. The van der Waals surface area contributed by atoms with E-state index in [0.29, 0.717) is 12.2 Å².